The Morgan fingerprint density at radius 2 is 0.887 bits per heavy atom. The fourth-order valence-electron chi connectivity index (χ4n) is 5.58. The van der Waals surface area contributed by atoms with E-state index in [9.17, 15) is 28.8 Å². The maximum absolute atomic E-state index is 13.4. The largest absolute Gasteiger partial charge is 0.324 e. The summed E-state index contributed by atoms with van der Waals surface area (Å²) in [4.78, 5) is 77.9. The van der Waals surface area contributed by atoms with E-state index in [1.807, 2.05) is 0 Å². The first-order valence-corrected chi connectivity index (χ1v) is 20.3. The molecule has 0 aliphatic carbocycles. The van der Waals surface area contributed by atoms with Gasteiger partial charge in [0.2, 0.25) is 12.1 Å². The number of hydrogen-bond acceptors (Lipinski definition) is 10. The third-order valence-electron chi connectivity index (χ3n) is 8.64. The first-order valence-electron chi connectivity index (χ1n) is 18.0. The zero-order valence-electron chi connectivity index (χ0n) is 32.7. The molecule has 4 amide bonds. The van der Waals surface area contributed by atoms with Gasteiger partial charge < -0.3 is 21.3 Å². The van der Waals surface area contributed by atoms with Gasteiger partial charge in [-0.15, -0.1) is 0 Å². The summed E-state index contributed by atoms with van der Waals surface area (Å²) in [6, 6.07) is 17.3. The minimum atomic E-state index is -1.58. The topological polar surface area (TPSA) is 200 Å². The molecule has 0 aliphatic rings. The molecule has 5 rings (SSSR count). The van der Waals surface area contributed by atoms with E-state index in [0.29, 0.717) is 26.9 Å². The fourth-order valence-corrected chi connectivity index (χ4v) is 6.90. The summed E-state index contributed by atoms with van der Waals surface area (Å²) in [6.07, 6.45) is 0. The molecule has 4 N–H and O–H groups in total. The highest BCUT2D eigenvalue weighted by Crippen LogP contribution is 2.31. The Kier molecular flexibility index (Phi) is 15.9. The van der Waals surface area contributed by atoms with Crippen molar-refractivity contribution in [1.82, 2.24) is 0 Å². The van der Waals surface area contributed by atoms with Crippen LogP contribution < -0.4 is 21.3 Å². The molecule has 14 nitrogen and oxygen atoms in total. The smallest absolute Gasteiger partial charge is 0.258 e. The van der Waals surface area contributed by atoms with E-state index in [-0.39, 0.29) is 59.7 Å². The van der Waals surface area contributed by atoms with Crippen LogP contribution in [0.25, 0.3) is 0 Å². The Morgan fingerprint density at radius 3 is 1.27 bits per heavy atom. The molecule has 20 heteroatoms. The number of rotatable bonds is 14. The summed E-state index contributed by atoms with van der Waals surface area (Å²) in [5.74, 6) is -4.09. The van der Waals surface area contributed by atoms with E-state index in [4.69, 9.17) is 69.6 Å². The number of azo groups is 2. The van der Waals surface area contributed by atoms with Crippen molar-refractivity contribution in [1.29, 1.82) is 0 Å². The Hall–Kier alpha value is -5.74. The average molecular weight is 957 g/mol. The van der Waals surface area contributed by atoms with E-state index in [1.54, 1.807) is 26.0 Å². The van der Waals surface area contributed by atoms with Gasteiger partial charge in [0.05, 0.1) is 54.0 Å². The van der Waals surface area contributed by atoms with Crippen LogP contribution in [0.5, 0.6) is 0 Å². The van der Waals surface area contributed by atoms with E-state index in [0.717, 1.165) is 0 Å². The molecule has 0 fully saturated rings. The van der Waals surface area contributed by atoms with Crippen LogP contribution in [0.2, 0.25) is 30.1 Å². The molecule has 2 unspecified atom stereocenters. The van der Waals surface area contributed by atoms with Gasteiger partial charge in [0.1, 0.15) is 0 Å². The lowest BCUT2D eigenvalue weighted by molar-refractivity contribution is -0.127. The fraction of sp³-hybridized carbons (Fsp3) is 0.143. The molecular formula is C42H32Cl6N8O6. The molecule has 0 aliphatic heterocycles. The van der Waals surface area contributed by atoms with E-state index in [1.165, 1.54) is 86.6 Å². The molecule has 318 valence electrons. The molecule has 5 aromatic carbocycles. The van der Waals surface area contributed by atoms with Crippen molar-refractivity contribution in [3.63, 3.8) is 0 Å². The quantitative estimate of drug-likeness (QED) is 0.0630. The number of carbonyl (C=O) groups is 6. The maximum Gasteiger partial charge on any atom is 0.258 e. The summed E-state index contributed by atoms with van der Waals surface area (Å²) in [6.45, 7) is 5.64. The molecule has 5 aromatic rings. The van der Waals surface area contributed by atoms with Crippen molar-refractivity contribution in [3.05, 3.63) is 137 Å². The van der Waals surface area contributed by atoms with Crippen LogP contribution in [0.4, 0.5) is 34.1 Å². The summed E-state index contributed by atoms with van der Waals surface area (Å²) in [7, 11) is 0. The van der Waals surface area contributed by atoms with Crippen molar-refractivity contribution in [3.8, 4) is 0 Å². The molecule has 0 bridgehead atoms. The number of amides is 4. The molecule has 0 saturated heterocycles. The van der Waals surface area contributed by atoms with Crippen LogP contribution in [0.3, 0.4) is 0 Å². The zero-order chi connectivity index (χ0) is 45.4. The molecule has 0 saturated carbocycles. The molecule has 0 spiro atoms. The van der Waals surface area contributed by atoms with Crippen LogP contribution in [0.15, 0.2) is 105 Å². The highest BCUT2D eigenvalue weighted by Gasteiger charge is 2.26. The van der Waals surface area contributed by atoms with Crippen LogP contribution in [-0.2, 0) is 19.2 Å². The lowest BCUT2D eigenvalue weighted by Crippen LogP contribution is -2.33. The number of nitrogens with zero attached hydrogens (tertiary/aromatic N) is 4. The molecule has 0 aromatic heterocycles. The number of Topliss-reactive ketones (excluding diaryl/α,β-unsaturated/α-hetero) is 2. The van der Waals surface area contributed by atoms with Gasteiger partial charge in [-0.2, -0.15) is 20.5 Å². The third-order valence-corrected chi connectivity index (χ3v) is 10.4. The number of anilines is 4. The zero-order valence-corrected chi connectivity index (χ0v) is 37.3. The van der Waals surface area contributed by atoms with E-state index >= 15 is 0 Å². The van der Waals surface area contributed by atoms with Gasteiger partial charge in [-0.3, -0.25) is 28.8 Å². The molecule has 0 heterocycles. The third kappa shape index (κ3) is 12.2. The van der Waals surface area contributed by atoms with Crippen molar-refractivity contribution in [2.75, 3.05) is 21.3 Å². The molecule has 62 heavy (non-hydrogen) atoms. The van der Waals surface area contributed by atoms with Gasteiger partial charge >= 0.3 is 0 Å². The first-order chi connectivity index (χ1) is 29.3. The van der Waals surface area contributed by atoms with Gasteiger partial charge in [-0.25, -0.2) is 0 Å². The molecular weight excluding hydrogens is 925 g/mol. The highest BCUT2D eigenvalue weighted by molar-refractivity contribution is 6.38. The van der Waals surface area contributed by atoms with Crippen molar-refractivity contribution in [2.45, 2.75) is 39.8 Å². The van der Waals surface area contributed by atoms with Gasteiger partial charge in [-0.1, -0.05) is 69.6 Å². The van der Waals surface area contributed by atoms with Gasteiger partial charge in [-0.05, 0) is 124 Å². The van der Waals surface area contributed by atoms with Crippen molar-refractivity contribution in [2.24, 2.45) is 20.5 Å². The first kappa shape index (κ1) is 47.3. The highest BCUT2D eigenvalue weighted by atomic mass is 35.5. The lowest BCUT2D eigenvalue weighted by Gasteiger charge is -2.17. The van der Waals surface area contributed by atoms with Gasteiger partial charge in [0, 0.05) is 21.4 Å². The normalized spacial score (nSPS) is 12.2. The van der Waals surface area contributed by atoms with Crippen LogP contribution in [0, 0.1) is 13.8 Å². The number of hydrogen-bond donors (Lipinski definition) is 4. The minimum absolute atomic E-state index is 0.0212. The van der Waals surface area contributed by atoms with Crippen molar-refractivity contribution >= 4 is 139 Å². The SMILES string of the molecule is CC(=O)C(N=Nc1ccc(Cl)c(C(=O)Nc2ccc(Cl)cc2Cl)c1)C(=O)Nc1cc(C)c(NC(=O)C(N=Nc2ccc(Cl)c(C(=O)Nc3ccc(Cl)cc3Cl)c2)C(C)=O)c(C)c1. The predicted molar refractivity (Wildman–Crippen MR) is 243 cm³/mol. The monoisotopic (exact) mass is 954 g/mol. The number of nitrogens with one attached hydrogen (secondary N) is 4. The summed E-state index contributed by atoms with van der Waals surface area (Å²) in [5.41, 5.74) is 2.42. The Labute approximate surface area is 384 Å². The summed E-state index contributed by atoms with van der Waals surface area (Å²) < 4.78 is 0. The number of ketones is 2. The summed E-state index contributed by atoms with van der Waals surface area (Å²) >= 11 is 36.8. The standard InChI is InChI=1S/C42H32Cl6N8O6/c1-19-13-27(49-41(61)37(21(3)57)55-53-25-7-9-30(45)28(17-25)39(59)50-34-11-5-23(43)15-32(34)47)14-20(2)36(19)52-42(62)38(22(4)58)56-54-26-8-10-31(46)29(18-26)40(60)51-35-12-6-24(44)16-33(35)48/h5-18,37-38H,1-4H3,(H,49,61)(H,50,59)(H,51,60)(H,52,62). The maximum atomic E-state index is 13.4. The van der Waals surface area contributed by atoms with Crippen LogP contribution in [-0.4, -0.2) is 47.3 Å². The number of halogens is 6. The Morgan fingerprint density at radius 1 is 0.484 bits per heavy atom. The van der Waals surface area contributed by atoms with Gasteiger partial charge in [0.15, 0.2) is 11.6 Å². The molecule has 2 atom stereocenters. The second-order valence-corrected chi connectivity index (χ2v) is 15.9. The Balaban J connectivity index is 1.26. The number of benzene rings is 5. The predicted octanol–water partition coefficient (Wildman–Crippen LogP) is 12.1. The second-order valence-electron chi connectivity index (χ2n) is 13.4. The lowest BCUT2D eigenvalue weighted by atomic mass is 10.1. The molecule has 0 radical (unpaired) electrons. The van der Waals surface area contributed by atoms with Crippen LogP contribution >= 0.6 is 69.6 Å². The number of aryl methyl sites for hydroxylation is 2. The average Bonchev–Trinajstić information content (AvgIpc) is 3.19. The van der Waals surface area contributed by atoms with Crippen LogP contribution in [0.1, 0.15) is 45.7 Å². The summed E-state index contributed by atoms with van der Waals surface area (Å²) in [5, 5.41) is 28.0. The Bertz CT molecular complexity index is 2690. The second kappa shape index (κ2) is 20.9. The van der Waals surface area contributed by atoms with Crippen molar-refractivity contribution < 1.29 is 28.8 Å². The van der Waals surface area contributed by atoms with Gasteiger partial charge in [0.25, 0.3) is 23.6 Å². The number of carbonyl (C=O) groups excluding carboxylic acids is 6. The van der Waals surface area contributed by atoms with E-state index in [2.05, 4.69) is 41.7 Å². The van der Waals surface area contributed by atoms with E-state index < -0.39 is 47.3 Å². The minimum Gasteiger partial charge on any atom is -0.324 e.